The third kappa shape index (κ3) is 3.25. The van der Waals surface area contributed by atoms with Crippen molar-refractivity contribution in [3.63, 3.8) is 0 Å². The molecule has 1 fully saturated rings. The van der Waals surface area contributed by atoms with E-state index in [-0.39, 0.29) is 12.1 Å². The molecule has 1 aliphatic rings. The van der Waals surface area contributed by atoms with Crippen LogP contribution in [0.5, 0.6) is 0 Å². The molecule has 0 radical (unpaired) electrons. The lowest BCUT2D eigenvalue weighted by molar-refractivity contribution is 0.0506. The fourth-order valence-electron chi connectivity index (χ4n) is 3.01. The normalized spacial score (nSPS) is 17.8. The minimum Gasteiger partial charge on any atom is -0.379 e. The van der Waals surface area contributed by atoms with Gasteiger partial charge < -0.3 is 10.1 Å². The molecule has 1 saturated carbocycles. The lowest BCUT2D eigenvalue weighted by Crippen LogP contribution is -2.35. The van der Waals surface area contributed by atoms with Gasteiger partial charge in [-0.05, 0) is 49.4 Å². The van der Waals surface area contributed by atoms with Crippen molar-refractivity contribution < 1.29 is 4.74 Å². The fraction of sp³-hybridized carbons (Fsp3) is 0.500. The van der Waals surface area contributed by atoms with E-state index in [1.165, 1.54) is 23.8 Å². The molecule has 0 bridgehead atoms. The molecule has 0 saturated heterocycles. The third-order valence-corrected chi connectivity index (χ3v) is 4.27. The largest absolute Gasteiger partial charge is 0.379 e. The van der Waals surface area contributed by atoms with Crippen molar-refractivity contribution in [1.82, 2.24) is 10.3 Å². The Balaban J connectivity index is 1.92. The first kappa shape index (κ1) is 14.5. The molecule has 1 N–H and O–H groups in total. The zero-order valence-electron chi connectivity index (χ0n) is 12.9. The summed E-state index contributed by atoms with van der Waals surface area (Å²) in [6.45, 7) is 3.20. The van der Waals surface area contributed by atoms with E-state index in [9.17, 15) is 0 Å². The van der Waals surface area contributed by atoms with Gasteiger partial charge in [-0.2, -0.15) is 0 Å². The minimum atomic E-state index is 0.236. The molecule has 3 rings (SSSR count). The van der Waals surface area contributed by atoms with Crippen molar-refractivity contribution in [2.75, 3.05) is 13.7 Å². The average molecular weight is 284 g/mol. The Morgan fingerprint density at radius 1 is 1.33 bits per heavy atom. The second-order valence-corrected chi connectivity index (χ2v) is 5.93. The fourth-order valence-corrected chi connectivity index (χ4v) is 3.01. The highest BCUT2D eigenvalue weighted by atomic mass is 16.5. The number of hydrogen-bond donors (Lipinski definition) is 1. The first-order chi connectivity index (χ1) is 10.3. The van der Waals surface area contributed by atoms with Crippen molar-refractivity contribution >= 4 is 10.9 Å². The van der Waals surface area contributed by atoms with Crippen molar-refractivity contribution in [1.29, 1.82) is 0 Å². The molecule has 1 aromatic heterocycles. The monoisotopic (exact) mass is 284 g/mol. The lowest BCUT2D eigenvalue weighted by atomic mass is 9.98. The summed E-state index contributed by atoms with van der Waals surface area (Å²) in [5.41, 5.74) is 2.29. The van der Waals surface area contributed by atoms with Crippen LogP contribution in [-0.4, -0.2) is 24.7 Å². The Morgan fingerprint density at radius 3 is 2.86 bits per heavy atom. The summed E-state index contributed by atoms with van der Waals surface area (Å²) in [4.78, 5) is 4.61. The average Bonchev–Trinajstić information content (AvgIpc) is 3.35. The number of benzene rings is 1. The number of hydrogen-bond acceptors (Lipinski definition) is 3. The Labute approximate surface area is 126 Å². The van der Waals surface area contributed by atoms with E-state index in [2.05, 4.69) is 41.5 Å². The lowest BCUT2D eigenvalue weighted by Gasteiger charge is -2.27. The number of ether oxygens (including phenoxy) is 1. The smallest absolute Gasteiger partial charge is 0.0794 e. The summed E-state index contributed by atoms with van der Waals surface area (Å²) >= 11 is 0. The van der Waals surface area contributed by atoms with Crippen LogP contribution < -0.4 is 5.32 Å². The number of pyridine rings is 1. The molecule has 112 valence electrons. The molecule has 2 unspecified atom stereocenters. The molecule has 1 aromatic carbocycles. The van der Waals surface area contributed by atoms with Gasteiger partial charge in [0.15, 0.2) is 0 Å². The van der Waals surface area contributed by atoms with Crippen LogP contribution in [0.1, 0.15) is 37.8 Å². The van der Waals surface area contributed by atoms with Gasteiger partial charge >= 0.3 is 0 Å². The van der Waals surface area contributed by atoms with E-state index < -0.39 is 0 Å². The predicted molar refractivity (Wildman–Crippen MR) is 86.3 cm³/mol. The first-order valence-electron chi connectivity index (χ1n) is 7.94. The molecule has 2 atom stereocenters. The van der Waals surface area contributed by atoms with Crippen LogP contribution in [0, 0.1) is 5.92 Å². The number of para-hydroxylation sites is 1. The van der Waals surface area contributed by atoms with Crippen LogP contribution >= 0.6 is 0 Å². The maximum Gasteiger partial charge on any atom is 0.0794 e. The van der Waals surface area contributed by atoms with E-state index in [0.29, 0.717) is 5.92 Å². The van der Waals surface area contributed by atoms with Gasteiger partial charge in [-0.3, -0.25) is 4.98 Å². The maximum atomic E-state index is 5.81. The highest BCUT2D eigenvalue weighted by Gasteiger charge is 2.37. The number of nitrogens with zero attached hydrogens (tertiary/aromatic N) is 1. The molecule has 1 heterocycles. The number of rotatable bonds is 7. The Bertz CT molecular complexity index is 595. The third-order valence-electron chi connectivity index (χ3n) is 4.27. The quantitative estimate of drug-likeness (QED) is 0.842. The van der Waals surface area contributed by atoms with Crippen LogP contribution in [0.2, 0.25) is 0 Å². The summed E-state index contributed by atoms with van der Waals surface area (Å²) < 4.78 is 5.81. The second-order valence-electron chi connectivity index (χ2n) is 5.93. The van der Waals surface area contributed by atoms with Crippen LogP contribution in [0.4, 0.5) is 0 Å². The number of aromatic nitrogens is 1. The van der Waals surface area contributed by atoms with Gasteiger partial charge in [0.2, 0.25) is 0 Å². The van der Waals surface area contributed by atoms with Crippen LogP contribution in [0.25, 0.3) is 10.9 Å². The Kier molecular flexibility index (Phi) is 4.51. The zero-order chi connectivity index (χ0) is 14.7. The van der Waals surface area contributed by atoms with Crippen LogP contribution in [0.3, 0.4) is 0 Å². The summed E-state index contributed by atoms with van der Waals surface area (Å²) in [5.74, 6) is 0.691. The highest BCUT2D eigenvalue weighted by molar-refractivity contribution is 5.78. The maximum absolute atomic E-state index is 5.81. The second kappa shape index (κ2) is 6.54. The summed E-state index contributed by atoms with van der Waals surface area (Å²) in [6.07, 6.45) is 5.94. The van der Waals surface area contributed by atoms with Gasteiger partial charge in [0.05, 0.1) is 17.7 Å². The highest BCUT2D eigenvalue weighted by Crippen LogP contribution is 2.40. The number of methoxy groups -OCH3 is 1. The minimum absolute atomic E-state index is 0.236. The van der Waals surface area contributed by atoms with E-state index >= 15 is 0 Å². The summed E-state index contributed by atoms with van der Waals surface area (Å²) in [5, 5.41) is 4.86. The molecular formula is C18H24N2O. The molecule has 3 heteroatoms. The zero-order valence-corrected chi connectivity index (χ0v) is 12.9. The van der Waals surface area contributed by atoms with Crippen molar-refractivity contribution in [2.24, 2.45) is 5.92 Å². The molecule has 21 heavy (non-hydrogen) atoms. The van der Waals surface area contributed by atoms with E-state index in [0.717, 1.165) is 18.5 Å². The van der Waals surface area contributed by atoms with Crippen molar-refractivity contribution in [2.45, 2.75) is 38.3 Å². The molecule has 3 nitrogen and oxygen atoms in total. The number of fused-ring (bicyclic) bond motifs is 1. The first-order valence-corrected chi connectivity index (χ1v) is 7.94. The van der Waals surface area contributed by atoms with E-state index in [1.54, 1.807) is 0 Å². The van der Waals surface area contributed by atoms with E-state index in [4.69, 9.17) is 4.74 Å². The topological polar surface area (TPSA) is 34.2 Å². The van der Waals surface area contributed by atoms with Crippen molar-refractivity contribution in [3.8, 4) is 0 Å². The van der Waals surface area contributed by atoms with Gasteiger partial charge in [-0.25, -0.2) is 0 Å². The summed E-state index contributed by atoms with van der Waals surface area (Å²) in [6, 6.07) is 10.8. The van der Waals surface area contributed by atoms with E-state index in [1.807, 2.05) is 19.4 Å². The van der Waals surface area contributed by atoms with Gasteiger partial charge in [-0.15, -0.1) is 0 Å². The van der Waals surface area contributed by atoms with Crippen LogP contribution in [-0.2, 0) is 4.74 Å². The molecule has 0 amide bonds. The standard InChI is InChI=1S/C18H24N2O/c1-3-10-19-17(18(21-2)13-8-9-13)15-11-14-6-4-5-7-16(14)20-12-15/h4-7,11-13,17-19H,3,8-10H2,1-2H3. The van der Waals surface area contributed by atoms with Gasteiger partial charge in [0.1, 0.15) is 0 Å². The van der Waals surface area contributed by atoms with Crippen LogP contribution in [0.15, 0.2) is 36.5 Å². The molecule has 2 aromatic rings. The molecular weight excluding hydrogens is 260 g/mol. The molecule has 0 aliphatic heterocycles. The number of nitrogens with one attached hydrogen (secondary N) is 1. The van der Waals surface area contributed by atoms with Gasteiger partial charge in [-0.1, -0.05) is 25.1 Å². The Morgan fingerprint density at radius 2 is 2.14 bits per heavy atom. The SMILES string of the molecule is CCCNC(c1cnc2ccccc2c1)C(OC)C1CC1. The van der Waals surface area contributed by atoms with Crippen molar-refractivity contribution in [3.05, 3.63) is 42.1 Å². The summed E-state index contributed by atoms with van der Waals surface area (Å²) in [7, 11) is 1.83. The molecule has 0 spiro atoms. The molecule has 1 aliphatic carbocycles. The van der Waals surface area contributed by atoms with Gasteiger partial charge in [0.25, 0.3) is 0 Å². The van der Waals surface area contributed by atoms with Gasteiger partial charge in [0, 0.05) is 18.7 Å². The predicted octanol–water partition coefficient (Wildman–Crippen LogP) is 3.70. The Hall–Kier alpha value is -1.45.